The predicted molar refractivity (Wildman–Crippen MR) is 107 cm³/mol. The second-order valence-corrected chi connectivity index (χ2v) is 6.44. The second-order valence-electron chi connectivity index (χ2n) is 6.44. The molecule has 1 fully saturated rings. The smallest absolute Gasteiger partial charge is 0.234 e. The van der Waals surface area contributed by atoms with Gasteiger partial charge in [-0.15, -0.1) is 0 Å². The first-order valence-electron chi connectivity index (χ1n) is 9.21. The van der Waals surface area contributed by atoms with Gasteiger partial charge in [0.15, 0.2) is 0 Å². The lowest BCUT2D eigenvalue weighted by molar-refractivity contribution is -0.120. The zero-order valence-corrected chi connectivity index (χ0v) is 15.9. The minimum atomic E-state index is -0.0201. The van der Waals surface area contributed by atoms with Crippen LogP contribution in [0.5, 0.6) is 5.75 Å². The molecule has 1 aromatic heterocycles. The number of carbonyl (C=O) groups excluding carboxylic acids is 1. The Hall–Kier alpha value is -2.80. The van der Waals surface area contributed by atoms with E-state index in [4.69, 9.17) is 4.74 Å². The molecule has 1 aliphatic rings. The molecule has 2 N–H and O–H groups in total. The Balaban J connectivity index is 1.65. The Morgan fingerprint density at radius 2 is 1.85 bits per heavy atom. The van der Waals surface area contributed by atoms with Crippen LogP contribution in [0, 0.1) is 0 Å². The fraction of sp³-hybridized carbons (Fsp3) is 0.400. The number of para-hydroxylation sites is 2. The molecule has 144 valence electrons. The van der Waals surface area contributed by atoms with Gasteiger partial charge in [-0.05, 0) is 25.2 Å². The van der Waals surface area contributed by atoms with Gasteiger partial charge in [0.25, 0.3) is 0 Å². The normalized spacial score (nSPS) is 14.1. The number of piperazine rings is 1. The summed E-state index contributed by atoms with van der Waals surface area (Å²) in [4.78, 5) is 20.9. The summed E-state index contributed by atoms with van der Waals surface area (Å²) in [6.45, 7) is 4.31. The van der Waals surface area contributed by atoms with Gasteiger partial charge in [0, 0.05) is 44.5 Å². The van der Waals surface area contributed by atoms with Crippen LogP contribution < -0.4 is 25.2 Å². The van der Waals surface area contributed by atoms with E-state index in [1.807, 2.05) is 30.3 Å². The van der Waals surface area contributed by atoms with Crippen molar-refractivity contribution in [1.82, 2.24) is 15.6 Å². The van der Waals surface area contributed by atoms with E-state index in [9.17, 15) is 4.79 Å². The summed E-state index contributed by atoms with van der Waals surface area (Å²) in [5, 5.41) is 5.79. The van der Waals surface area contributed by atoms with E-state index in [0.29, 0.717) is 13.1 Å². The summed E-state index contributed by atoms with van der Waals surface area (Å²) >= 11 is 0. The molecule has 2 heterocycles. The number of hydrogen-bond acceptors (Lipinski definition) is 6. The molecule has 0 bridgehead atoms. The van der Waals surface area contributed by atoms with Crippen LogP contribution in [0.15, 0.2) is 42.6 Å². The van der Waals surface area contributed by atoms with Gasteiger partial charge in [-0.2, -0.15) is 0 Å². The van der Waals surface area contributed by atoms with Crippen LogP contribution in [0.4, 0.5) is 11.5 Å². The fourth-order valence-corrected chi connectivity index (χ4v) is 3.32. The summed E-state index contributed by atoms with van der Waals surface area (Å²) < 4.78 is 5.49. The topological polar surface area (TPSA) is 69.7 Å². The van der Waals surface area contributed by atoms with Gasteiger partial charge in [0.1, 0.15) is 11.6 Å². The van der Waals surface area contributed by atoms with Crippen LogP contribution in [0.25, 0.3) is 0 Å². The zero-order valence-electron chi connectivity index (χ0n) is 15.9. The van der Waals surface area contributed by atoms with Crippen LogP contribution in [-0.4, -0.2) is 57.8 Å². The van der Waals surface area contributed by atoms with E-state index in [1.165, 1.54) is 0 Å². The molecule has 1 amide bonds. The van der Waals surface area contributed by atoms with Crippen molar-refractivity contribution >= 4 is 17.4 Å². The van der Waals surface area contributed by atoms with E-state index in [-0.39, 0.29) is 5.91 Å². The van der Waals surface area contributed by atoms with Crippen molar-refractivity contribution in [2.24, 2.45) is 0 Å². The highest BCUT2D eigenvalue weighted by Gasteiger charge is 2.22. The molecule has 0 aliphatic carbocycles. The molecule has 0 saturated carbocycles. The van der Waals surface area contributed by atoms with Crippen LogP contribution in [0.1, 0.15) is 5.56 Å². The van der Waals surface area contributed by atoms with Gasteiger partial charge < -0.3 is 25.2 Å². The van der Waals surface area contributed by atoms with Gasteiger partial charge >= 0.3 is 0 Å². The summed E-state index contributed by atoms with van der Waals surface area (Å²) in [7, 11) is 3.47. The van der Waals surface area contributed by atoms with E-state index < -0.39 is 0 Å². The van der Waals surface area contributed by atoms with Gasteiger partial charge in [0.2, 0.25) is 5.91 Å². The highest BCUT2D eigenvalue weighted by molar-refractivity contribution is 5.78. The van der Waals surface area contributed by atoms with Crippen LogP contribution in [0.2, 0.25) is 0 Å². The van der Waals surface area contributed by atoms with Gasteiger partial charge in [-0.1, -0.05) is 18.2 Å². The molecule has 1 saturated heterocycles. The number of hydrogen-bond donors (Lipinski definition) is 2. The van der Waals surface area contributed by atoms with Crippen LogP contribution in [-0.2, 0) is 11.3 Å². The second kappa shape index (κ2) is 9.23. The molecule has 7 nitrogen and oxygen atoms in total. The van der Waals surface area contributed by atoms with Crippen molar-refractivity contribution in [1.29, 1.82) is 0 Å². The minimum absolute atomic E-state index is 0.0201. The molecule has 0 unspecified atom stereocenters. The Labute approximate surface area is 160 Å². The molecule has 1 aromatic carbocycles. The number of ether oxygens (including phenoxy) is 1. The van der Waals surface area contributed by atoms with Crippen molar-refractivity contribution < 1.29 is 9.53 Å². The van der Waals surface area contributed by atoms with Crippen molar-refractivity contribution in [3.05, 3.63) is 48.2 Å². The lowest BCUT2D eigenvalue weighted by Crippen LogP contribution is -2.47. The number of nitrogens with zero attached hydrogens (tertiary/aromatic N) is 3. The summed E-state index contributed by atoms with van der Waals surface area (Å²) in [5.41, 5.74) is 2.16. The number of rotatable bonds is 7. The molecular weight excluding hydrogens is 342 g/mol. The van der Waals surface area contributed by atoms with E-state index >= 15 is 0 Å². The number of pyridine rings is 1. The maximum atomic E-state index is 11.7. The van der Waals surface area contributed by atoms with Gasteiger partial charge in [-0.25, -0.2) is 4.98 Å². The fourth-order valence-electron chi connectivity index (χ4n) is 3.32. The number of likely N-dealkylation sites (N-methyl/N-ethyl adjacent to an activating group) is 1. The number of methoxy groups -OCH3 is 1. The first-order valence-corrected chi connectivity index (χ1v) is 9.21. The molecule has 0 spiro atoms. The maximum Gasteiger partial charge on any atom is 0.234 e. The first kappa shape index (κ1) is 19.0. The summed E-state index contributed by atoms with van der Waals surface area (Å²) in [6, 6.07) is 12.0. The molecule has 2 aromatic rings. The van der Waals surface area contributed by atoms with E-state index in [1.54, 1.807) is 20.4 Å². The molecule has 1 aliphatic heterocycles. The molecular formula is C20H27N5O2. The monoisotopic (exact) mass is 369 g/mol. The third-order valence-corrected chi connectivity index (χ3v) is 4.69. The number of amides is 1. The van der Waals surface area contributed by atoms with Crippen molar-refractivity contribution in [2.45, 2.75) is 6.54 Å². The lowest BCUT2D eigenvalue weighted by atomic mass is 10.2. The molecule has 27 heavy (non-hydrogen) atoms. The van der Waals surface area contributed by atoms with E-state index in [2.05, 4.69) is 31.5 Å². The summed E-state index contributed by atoms with van der Waals surface area (Å²) in [6.07, 6.45) is 1.81. The first-order chi connectivity index (χ1) is 13.2. The largest absolute Gasteiger partial charge is 0.495 e. The van der Waals surface area contributed by atoms with Crippen molar-refractivity contribution in [3.8, 4) is 5.75 Å². The Morgan fingerprint density at radius 1 is 1.11 bits per heavy atom. The van der Waals surface area contributed by atoms with E-state index in [0.717, 1.165) is 49.0 Å². The third-order valence-electron chi connectivity index (χ3n) is 4.69. The quantitative estimate of drug-likeness (QED) is 0.766. The molecule has 3 rings (SSSR count). The maximum absolute atomic E-state index is 11.7. The van der Waals surface area contributed by atoms with Gasteiger partial charge in [0.05, 0.1) is 19.3 Å². The molecule has 7 heteroatoms. The highest BCUT2D eigenvalue weighted by atomic mass is 16.5. The lowest BCUT2D eigenvalue weighted by Gasteiger charge is -2.37. The van der Waals surface area contributed by atoms with Crippen molar-refractivity contribution in [2.75, 3.05) is 56.7 Å². The number of anilines is 2. The molecule has 0 atom stereocenters. The standard InChI is InChI=1S/C20H27N5O2/c1-21-15-19(26)23-14-16-6-5-9-22-20(16)25-12-10-24(11-13-25)17-7-3-4-8-18(17)27-2/h3-9,21H,10-15H2,1-2H3,(H,23,26). The van der Waals surface area contributed by atoms with Crippen molar-refractivity contribution in [3.63, 3.8) is 0 Å². The Kier molecular flexibility index (Phi) is 6.49. The number of carbonyl (C=O) groups is 1. The average molecular weight is 369 g/mol. The predicted octanol–water partition coefficient (Wildman–Crippen LogP) is 1.25. The Morgan fingerprint density at radius 3 is 2.59 bits per heavy atom. The van der Waals surface area contributed by atoms with Gasteiger partial charge in [-0.3, -0.25) is 4.79 Å². The SMILES string of the molecule is CNCC(=O)NCc1cccnc1N1CCN(c2ccccc2OC)CC1. The van der Waals surface area contributed by atoms with Crippen LogP contribution >= 0.6 is 0 Å². The Bertz CT molecular complexity index is 760. The zero-order chi connectivity index (χ0) is 19.1. The third kappa shape index (κ3) is 4.68. The highest BCUT2D eigenvalue weighted by Crippen LogP contribution is 2.29. The minimum Gasteiger partial charge on any atom is -0.495 e. The number of aromatic nitrogens is 1. The number of benzene rings is 1. The summed E-state index contributed by atoms with van der Waals surface area (Å²) in [5.74, 6) is 1.83. The average Bonchev–Trinajstić information content (AvgIpc) is 2.73. The number of nitrogens with one attached hydrogen (secondary N) is 2. The van der Waals surface area contributed by atoms with Crippen LogP contribution in [0.3, 0.4) is 0 Å². The molecule has 0 radical (unpaired) electrons.